The molecule has 9 rings (SSSR count). The molecule has 0 saturated carbocycles. The van der Waals surface area contributed by atoms with Crippen LogP contribution < -0.4 is 4.90 Å². The molecule has 0 aliphatic carbocycles. The fourth-order valence-corrected chi connectivity index (χ4v) is 6.67. The summed E-state index contributed by atoms with van der Waals surface area (Å²) in [7, 11) is 0. The Morgan fingerprint density at radius 3 is 1.95 bits per heavy atom. The Hall–Kier alpha value is -5.80. The van der Waals surface area contributed by atoms with Gasteiger partial charge in [-0.2, -0.15) is 0 Å². The van der Waals surface area contributed by atoms with Crippen molar-refractivity contribution in [2.45, 2.75) is 0 Å². The summed E-state index contributed by atoms with van der Waals surface area (Å²) in [6.07, 6.45) is 0. The summed E-state index contributed by atoms with van der Waals surface area (Å²) < 4.78 is 8.96. The zero-order chi connectivity index (χ0) is 28.3. The van der Waals surface area contributed by atoms with E-state index in [4.69, 9.17) is 4.42 Å². The van der Waals surface area contributed by atoms with Gasteiger partial charge in [-0.3, -0.25) is 0 Å². The molecule has 0 aliphatic rings. The molecule has 0 atom stereocenters. The second-order valence-electron chi connectivity index (χ2n) is 11.0. The molecule has 0 unspecified atom stereocenters. The van der Waals surface area contributed by atoms with E-state index in [0.29, 0.717) is 0 Å². The molecule has 0 bridgehead atoms. The average molecular weight is 551 g/mol. The minimum Gasteiger partial charge on any atom is -0.455 e. The van der Waals surface area contributed by atoms with Gasteiger partial charge in [0.15, 0.2) is 0 Å². The lowest BCUT2D eigenvalue weighted by molar-refractivity contribution is 0.672. The molecule has 3 heteroatoms. The Bertz CT molecular complexity index is 2450. The van der Waals surface area contributed by atoms with Crippen LogP contribution >= 0.6 is 0 Å². The molecule has 0 radical (unpaired) electrons. The first-order chi connectivity index (χ1) is 21.3. The van der Waals surface area contributed by atoms with E-state index in [1.165, 1.54) is 21.8 Å². The van der Waals surface area contributed by atoms with E-state index in [0.717, 1.165) is 55.5 Å². The number of nitrogens with zero attached hydrogens (tertiary/aromatic N) is 2. The Morgan fingerprint density at radius 1 is 0.465 bits per heavy atom. The third kappa shape index (κ3) is 3.62. The van der Waals surface area contributed by atoms with Gasteiger partial charge in [-0.25, -0.2) is 0 Å². The van der Waals surface area contributed by atoms with Crippen molar-refractivity contribution in [1.82, 2.24) is 4.57 Å². The van der Waals surface area contributed by atoms with Gasteiger partial charge >= 0.3 is 0 Å². The third-order valence-corrected chi connectivity index (χ3v) is 8.53. The molecule has 7 aromatic carbocycles. The van der Waals surface area contributed by atoms with Gasteiger partial charge in [0.05, 0.1) is 22.1 Å². The van der Waals surface area contributed by atoms with E-state index in [1.54, 1.807) is 0 Å². The molecule has 0 amide bonds. The van der Waals surface area contributed by atoms with Crippen molar-refractivity contribution >= 4 is 71.6 Å². The van der Waals surface area contributed by atoms with Gasteiger partial charge in [-0.05, 0) is 60.0 Å². The first kappa shape index (κ1) is 23.9. The SMILES string of the molecule is c1ccc(N(c2ccc3c4ccccc4n(-c4ccccc4)c3c2)c2cc3ccccc3c3oc4ccccc4c23)cc1. The molecule has 0 aliphatic heterocycles. The predicted molar refractivity (Wildman–Crippen MR) is 180 cm³/mol. The Labute approximate surface area is 248 Å². The molecule has 0 N–H and O–H groups in total. The zero-order valence-electron chi connectivity index (χ0n) is 23.3. The fourth-order valence-electron chi connectivity index (χ4n) is 6.67. The minimum absolute atomic E-state index is 0.891. The van der Waals surface area contributed by atoms with Crippen molar-refractivity contribution < 1.29 is 4.42 Å². The minimum atomic E-state index is 0.891. The van der Waals surface area contributed by atoms with Crippen LogP contribution in [0.1, 0.15) is 0 Å². The van der Waals surface area contributed by atoms with Crippen LogP contribution in [0.5, 0.6) is 0 Å². The second kappa shape index (κ2) is 9.37. The summed E-state index contributed by atoms with van der Waals surface area (Å²) >= 11 is 0. The summed E-state index contributed by atoms with van der Waals surface area (Å²) in [5.74, 6) is 0. The van der Waals surface area contributed by atoms with Crippen molar-refractivity contribution in [3.05, 3.63) is 158 Å². The molecule has 43 heavy (non-hydrogen) atoms. The molecule has 2 aromatic heterocycles. The lowest BCUT2D eigenvalue weighted by Crippen LogP contribution is -2.10. The number of para-hydroxylation sites is 4. The van der Waals surface area contributed by atoms with Gasteiger partial charge < -0.3 is 13.9 Å². The van der Waals surface area contributed by atoms with Crippen LogP contribution in [0.4, 0.5) is 17.1 Å². The number of benzene rings is 7. The smallest absolute Gasteiger partial charge is 0.145 e. The van der Waals surface area contributed by atoms with E-state index in [1.807, 2.05) is 6.07 Å². The first-order valence-corrected chi connectivity index (χ1v) is 14.6. The van der Waals surface area contributed by atoms with Crippen LogP contribution in [0.15, 0.2) is 162 Å². The van der Waals surface area contributed by atoms with Gasteiger partial charge in [0, 0.05) is 38.6 Å². The van der Waals surface area contributed by atoms with E-state index < -0.39 is 0 Å². The molecular formula is C40H26N2O. The monoisotopic (exact) mass is 550 g/mol. The predicted octanol–water partition coefficient (Wildman–Crippen LogP) is 11.3. The summed E-state index contributed by atoms with van der Waals surface area (Å²) in [4.78, 5) is 2.38. The van der Waals surface area contributed by atoms with Gasteiger partial charge in [0.25, 0.3) is 0 Å². The molecule has 0 fully saturated rings. The normalized spacial score (nSPS) is 11.7. The number of aromatic nitrogens is 1. The number of hydrogen-bond acceptors (Lipinski definition) is 2. The van der Waals surface area contributed by atoms with Gasteiger partial charge in [0.2, 0.25) is 0 Å². The fraction of sp³-hybridized carbons (Fsp3) is 0. The van der Waals surface area contributed by atoms with Crippen molar-refractivity contribution in [2.75, 3.05) is 4.90 Å². The lowest BCUT2D eigenvalue weighted by atomic mass is 10.0. The van der Waals surface area contributed by atoms with Crippen molar-refractivity contribution in [1.29, 1.82) is 0 Å². The maximum atomic E-state index is 6.58. The van der Waals surface area contributed by atoms with Gasteiger partial charge in [-0.1, -0.05) is 103 Å². The highest BCUT2D eigenvalue weighted by atomic mass is 16.3. The van der Waals surface area contributed by atoms with E-state index >= 15 is 0 Å². The Balaban J connectivity index is 1.40. The number of anilines is 3. The molecule has 3 nitrogen and oxygen atoms in total. The van der Waals surface area contributed by atoms with Crippen LogP contribution in [0.3, 0.4) is 0 Å². The van der Waals surface area contributed by atoms with Crippen LogP contribution in [-0.4, -0.2) is 4.57 Å². The van der Waals surface area contributed by atoms with Crippen LogP contribution in [0.2, 0.25) is 0 Å². The van der Waals surface area contributed by atoms with Crippen LogP contribution in [-0.2, 0) is 0 Å². The number of furan rings is 1. The molecule has 0 saturated heterocycles. The van der Waals surface area contributed by atoms with Crippen molar-refractivity contribution in [3.8, 4) is 5.69 Å². The Kier molecular flexibility index (Phi) is 5.20. The quantitative estimate of drug-likeness (QED) is 0.217. The Morgan fingerprint density at radius 2 is 1.12 bits per heavy atom. The molecule has 2 heterocycles. The summed E-state index contributed by atoms with van der Waals surface area (Å²) in [6.45, 7) is 0. The summed E-state index contributed by atoms with van der Waals surface area (Å²) in [6, 6.07) is 56.0. The topological polar surface area (TPSA) is 21.3 Å². The zero-order valence-corrected chi connectivity index (χ0v) is 23.3. The highest BCUT2D eigenvalue weighted by Crippen LogP contribution is 2.46. The van der Waals surface area contributed by atoms with E-state index in [9.17, 15) is 0 Å². The first-order valence-electron chi connectivity index (χ1n) is 14.6. The molecule has 9 aromatic rings. The second-order valence-corrected chi connectivity index (χ2v) is 11.0. The summed E-state index contributed by atoms with van der Waals surface area (Å²) in [5, 5.41) is 6.96. The van der Waals surface area contributed by atoms with Crippen molar-refractivity contribution in [2.24, 2.45) is 0 Å². The molecule has 0 spiro atoms. The highest BCUT2D eigenvalue weighted by molar-refractivity contribution is 6.22. The average Bonchev–Trinajstić information content (AvgIpc) is 3.62. The number of rotatable bonds is 4. The standard InChI is InChI=1S/C40H26N2O/c1-3-14-28(15-4-1)41(37-25-27-13-7-8-18-31(27)40-39(37)34-20-10-12-22-38(34)43-40)30-23-24-33-32-19-9-11-21-35(32)42(36(33)26-30)29-16-5-2-6-17-29/h1-26H. The highest BCUT2D eigenvalue weighted by Gasteiger charge is 2.22. The largest absolute Gasteiger partial charge is 0.455 e. The number of fused-ring (bicyclic) bond motifs is 8. The molecular weight excluding hydrogens is 524 g/mol. The molecule has 202 valence electrons. The van der Waals surface area contributed by atoms with Gasteiger partial charge in [0.1, 0.15) is 11.2 Å². The van der Waals surface area contributed by atoms with E-state index in [-0.39, 0.29) is 0 Å². The van der Waals surface area contributed by atoms with Crippen molar-refractivity contribution in [3.63, 3.8) is 0 Å². The van der Waals surface area contributed by atoms with Crippen LogP contribution in [0, 0.1) is 0 Å². The lowest BCUT2D eigenvalue weighted by Gasteiger charge is -2.27. The van der Waals surface area contributed by atoms with Crippen LogP contribution in [0.25, 0.3) is 60.2 Å². The third-order valence-electron chi connectivity index (χ3n) is 8.53. The van der Waals surface area contributed by atoms with Gasteiger partial charge in [-0.15, -0.1) is 0 Å². The summed E-state index contributed by atoms with van der Waals surface area (Å²) in [5.41, 5.74) is 8.57. The number of hydrogen-bond donors (Lipinski definition) is 0. The maximum Gasteiger partial charge on any atom is 0.145 e. The van der Waals surface area contributed by atoms with E-state index in [2.05, 4.69) is 161 Å². The maximum absolute atomic E-state index is 6.58.